The van der Waals surface area contributed by atoms with Crippen molar-refractivity contribution >= 4 is 43.9 Å². The Kier molecular flexibility index (Phi) is 3.26. The molecule has 0 unspecified atom stereocenters. The van der Waals surface area contributed by atoms with E-state index in [0.717, 1.165) is 15.3 Å². The van der Waals surface area contributed by atoms with Crippen molar-refractivity contribution in [3.8, 4) is 0 Å². The van der Waals surface area contributed by atoms with Crippen LogP contribution in [0.4, 0.5) is 0 Å². The summed E-state index contributed by atoms with van der Waals surface area (Å²) >= 11 is 2.95. The maximum Gasteiger partial charge on any atom is 0.261 e. The van der Waals surface area contributed by atoms with Crippen LogP contribution >= 0.6 is 22.7 Å². The maximum absolute atomic E-state index is 12.1. The highest BCUT2D eigenvalue weighted by Crippen LogP contribution is 2.28. The number of amides is 1. The number of aliphatic hydroxyl groups is 1. The Hall–Kier alpha value is -1.44. The smallest absolute Gasteiger partial charge is 0.261 e. The molecule has 1 atom stereocenters. The normalized spacial score (nSPS) is 13.2. The number of carbonyl (C=O) groups is 1. The Bertz CT molecular complexity index is 724. The lowest BCUT2D eigenvalue weighted by atomic mass is 10.2. The highest BCUT2D eigenvalue weighted by atomic mass is 32.1. The summed E-state index contributed by atoms with van der Waals surface area (Å²) in [5.74, 6) is -0.145. The van der Waals surface area contributed by atoms with Gasteiger partial charge in [-0.2, -0.15) is 0 Å². The van der Waals surface area contributed by atoms with Crippen LogP contribution in [0.1, 0.15) is 23.0 Å². The van der Waals surface area contributed by atoms with Crippen LogP contribution in [0.2, 0.25) is 0 Å². The molecule has 0 radical (unpaired) electrons. The monoisotopic (exact) mass is 295 g/mol. The number of hydrogen-bond donors (Lipinski definition) is 2. The Balaban J connectivity index is 1.92. The number of aromatic nitrogens is 2. The molecule has 0 saturated carbocycles. The molecule has 0 spiro atoms. The molecule has 2 N–H and O–H groups in total. The average Bonchev–Trinajstić information content (AvgIpc) is 3.06. The summed E-state index contributed by atoms with van der Waals surface area (Å²) in [5.41, 5.74) is 0.962. The fourth-order valence-electron chi connectivity index (χ4n) is 1.89. The van der Waals surface area contributed by atoms with Crippen LogP contribution in [0.25, 0.3) is 15.3 Å². The number of aliphatic hydroxyl groups excluding tert-OH is 1. The zero-order chi connectivity index (χ0) is 13.4. The van der Waals surface area contributed by atoms with E-state index in [1.807, 2.05) is 29.0 Å². The van der Waals surface area contributed by atoms with Gasteiger partial charge in [-0.3, -0.25) is 9.20 Å². The summed E-state index contributed by atoms with van der Waals surface area (Å²) in [6.45, 7) is 1.89. The average molecular weight is 295 g/mol. The van der Waals surface area contributed by atoms with Crippen LogP contribution in [0.15, 0.2) is 17.6 Å². The fourth-order valence-corrected chi connectivity index (χ4v) is 3.60. The number of carbonyl (C=O) groups excluding carboxylic acids is 1. The number of nitrogens with one attached hydrogen (secondary N) is 1. The van der Waals surface area contributed by atoms with Crippen LogP contribution in [0, 0.1) is 0 Å². The van der Waals surface area contributed by atoms with Gasteiger partial charge in [0.2, 0.25) is 0 Å². The predicted molar refractivity (Wildman–Crippen MR) is 77.1 cm³/mol. The molecule has 7 heteroatoms. The molecular weight excluding hydrogens is 282 g/mol. The first-order valence-corrected chi connectivity index (χ1v) is 7.69. The summed E-state index contributed by atoms with van der Waals surface area (Å²) in [4.78, 5) is 19.0. The molecule has 19 heavy (non-hydrogen) atoms. The molecule has 100 valence electrons. The van der Waals surface area contributed by atoms with Gasteiger partial charge in [-0.05, 0) is 12.5 Å². The molecule has 0 aliphatic carbocycles. The van der Waals surface area contributed by atoms with Gasteiger partial charge >= 0.3 is 0 Å². The number of fused-ring (bicyclic) bond motifs is 3. The standard InChI is InChI=1S/C12H13N3O2S2/c1-2-7(6-16)13-10(17)9-5-8-11(19-9)14-12-15(8)3-4-18-12/h3-5,7,16H,2,6H2,1H3,(H,13,17)/t7-/m0/s1. The van der Waals surface area contributed by atoms with Gasteiger partial charge in [0.05, 0.1) is 23.0 Å². The summed E-state index contributed by atoms with van der Waals surface area (Å²) in [6, 6.07) is 1.66. The molecule has 3 aromatic heterocycles. The SMILES string of the molecule is CC[C@@H](CO)NC(=O)c1cc2c(nc3sccn32)s1. The minimum atomic E-state index is -0.189. The van der Waals surface area contributed by atoms with Crippen LogP contribution in [0.5, 0.6) is 0 Å². The van der Waals surface area contributed by atoms with Crippen molar-refractivity contribution in [2.45, 2.75) is 19.4 Å². The van der Waals surface area contributed by atoms with E-state index < -0.39 is 0 Å². The molecule has 1 amide bonds. The Morgan fingerprint density at radius 2 is 2.47 bits per heavy atom. The lowest BCUT2D eigenvalue weighted by Gasteiger charge is -2.12. The lowest BCUT2D eigenvalue weighted by Crippen LogP contribution is -2.36. The highest BCUT2D eigenvalue weighted by Gasteiger charge is 2.17. The van der Waals surface area contributed by atoms with Gasteiger partial charge in [-0.25, -0.2) is 4.98 Å². The molecule has 0 bridgehead atoms. The van der Waals surface area contributed by atoms with Crippen LogP contribution in [-0.2, 0) is 0 Å². The minimum Gasteiger partial charge on any atom is -0.394 e. The second kappa shape index (κ2) is 4.92. The molecule has 0 aromatic carbocycles. The lowest BCUT2D eigenvalue weighted by molar-refractivity contribution is 0.0919. The third kappa shape index (κ3) is 2.13. The fraction of sp³-hybridized carbons (Fsp3) is 0.333. The van der Waals surface area contributed by atoms with Crippen molar-refractivity contribution in [1.82, 2.24) is 14.7 Å². The van der Waals surface area contributed by atoms with Gasteiger partial charge in [0.25, 0.3) is 5.91 Å². The van der Waals surface area contributed by atoms with Crippen LogP contribution in [0.3, 0.4) is 0 Å². The van der Waals surface area contributed by atoms with E-state index >= 15 is 0 Å². The summed E-state index contributed by atoms with van der Waals surface area (Å²) in [6.07, 6.45) is 2.66. The number of imidazole rings is 1. The van der Waals surface area contributed by atoms with E-state index in [0.29, 0.717) is 11.3 Å². The molecule has 0 fully saturated rings. The third-order valence-corrected chi connectivity index (χ3v) is 4.79. The zero-order valence-corrected chi connectivity index (χ0v) is 11.9. The molecular formula is C12H13N3O2S2. The largest absolute Gasteiger partial charge is 0.394 e. The molecule has 0 aliphatic heterocycles. The van der Waals surface area contributed by atoms with Crippen molar-refractivity contribution in [2.75, 3.05) is 6.61 Å². The molecule has 0 saturated heterocycles. The van der Waals surface area contributed by atoms with Gasteiger partial charge in [-0.1, -0.05) is 6.92 Å². The predicted octanol–water partition coefficient (Wildman–Crippen LogP) is 2.11. The van der Waals surface area contributed by atoms with Crippen molar-refractivity contribution in [3.05, 3.63) is 22.5 Å². The number of hydrogen-bond acceptors (Lipinski definition) is 5. The first kappa shape index (κ1) is 12.6. The van der Waals surface area contributed by atoms with Gasteiger partial charge in [0.15, 0.2) is 4.96 Å². The number of rotatable bonds is 4. The van der Waals surface area contributed by atoms with E-state index in [2.05, 4.69) is 10.3 Å². The van der Waals surface area contributed by atoms with E-state index in [4.69, 9.17) is 5.11 Å². The van der Waals surface area contributed by atoms with Crippen molar-refractivity contribution in [1.29, 1.82) is 0 Å². The maximum atomic E-state index is 12.1. The topological polar surface area (TPSA) is 66.6 Å². The number of thiophene rings is 1. The van der Waals surface area contributed by atoms with E-state index in [-0.39, 0.29) is 18.6 Å². The second-order valence-electron chi connectivity index (χ2n) is 4.23. The van der Waals surface area contributed by atoms with Crippen LogP contribution < -0.4 is 5.32 Å². The first-order chi connectivity index (χ1) is 9.22. The van der Waals surface area contributed by atoms with Gasteiger partial charge in [0, 0.05) is 11.6 Å². The van der Waals surface area contributed by atoms with Gasteiger partial charge in [-0.15, -0.1) is 22.7 Å². The van der Waals surface area contributed by atoms with E-state index in [1.54, 1.807) is 11.3 Å². The van der Waals surface area contributed by atoms with Gasteiger partial charge < -0.3 is 10.4 Å². The number of nitrogens with zero attached hydrogens (tertiary/aromatic N) is 2. The third-order valence-electron chi connectivity index (χ3n) is 3.01. The molecule has 0 aliphatic rings. The quantitative estimate of drug-likeness (QED) is 0.774. The number of thiazole rings is 1. The van der Waals surface area contributed by atoms with Crippen molar-refractivity contribution in [2.24, 2.45) is 0 Å². The summed E-state index contributed by atoms with van der Waals surface area (Å²) < 4.78 is 1.98. The van der Waals surface area contributed by atoms with E-state index in [9.17, 15) is 4.79 Å². The highest BCUT2D eigenvalue weighted by molar-refractivity contribution is 7.21. The molecule has 3 heterocycles. The molecule has 5 nitrogen and oxygen atoms in total. The Labute approximate surface area is 117 Å². The summed E-state index contributed by atoms with van der Waals surface area (Å²) in [5, 5.41) is 13.9. The summed E-state index contributed by atoms with van der Waals surface area (Å²) in [7, 11) is 0. The molecule has 3 rings (SSSR count). The van der Waals surface area contributed by atoms with Gasteiger partial charge in [0.1, 0.15) is 4.83 Å². The minimum absolute atomic E-state index is 0.0405. The van der Waals surface area contributed by atoms with Crippen molar-refractivity contribution in [3.63, 3.8) is 0 Å². The Morgan fingerprint density at radius 3 is 3.21 bits per heavy atom. The molecule has 3 aromatic rings. The Morgan fingerprint density at radius 1 is 1.63 bits per heavy atom. The van der Waals surface area contributed by atoms with Crippen molar-refractivity contribution < 1.29 is 9.90 Å². The zero-order valence-electron chi connectivity index (χ0n) is 10.3. The first-order valence-electron chi connectivity index (χ1n) is 5.99. The van der Waals surface area contributed by atoms with E-state index in [1.165, 1.54) is 11.3 Å². The van der Waals surface area contributed by atoms with Crippen LogP contribution in [-0.4, -0.2) is 33.0 Å². The second-order valence-corrected chi connectivity index (χ2v) is 6.13.